The number of methoxy groups -OCH3 is 1. The van der Waals surface area contributed by atoms with Gasteiger partial charge in [0, 0.05) is 33.3 Å². The third-order valence-corrected chi connectivity index (χ3v) is 4.20. The van der Waals surface area contributed by atoms with Gasteiger partial charge in [-0.1, -0.05) is 0 Å². The summed E-state index contributed by atoms with van der Waals surface area (Å²) in [7, 11) is 1.68. The second kappa shape index (κ2) is 5.15. The van der Waals surface area contributed by atoms with Crippen molar-refractivity contribution in [1.82, 2.24) is 9.80 Å². The monoisotopic (exact) mass is 254 g/mol. The molecule has 3 aliphatic rings. The summed E-state index contributed by atoms with van der Waals surface area (Å²) in [6, 6.07) is 0.236. The van der Waals surface area contributed by atoms with Crippen LogP contribution < -0.4 is 0 Å². The molecular formula is C13H22N2O3. The first-order valence-electron chi connectivity index (χ1n) is 6.90. The number of nitrogens with zero attached hydrogens (tertiary/aromatic N) is 2. The molecule has 2 atom stereocenters. The van der Waals surface area contributed by atoms with E-state index >= 15 is 0 Å². The van der Waals surface area contributed by atoms with Crippen LogP contribution in [-0.4, -0.2) is 74.4 Å². The smallest absolute Gasteiger partial charge is 0.249 e. The maximum absolute atomic E-state index is 11.9. The van der Waals surface area contributed by atoms with Crippen molar-refractivity contribution in [2.75, 3.05) is 46.5 Å². The van der Waals surface area contributed by atoms with E-state index in [-0.39, 0.29) is 24.7 Å². The third kappa shape index (κ3) is 2.53. The van der Waals surface area contributed by atoms with Crippen molar-refractivity contribution in [3.8, 4) is 0 Å². The van der Waals surface area contributed by atoms with E-state index in [1.807, 2.05) is 4.90 Å². The molecule has 0 unspecified atom stereocenters. The fourth-order valence-electron chi connectivity index (χ4n) is 3.04. The van der Waals surface area contributed by atoms with Gasteiger partial charge in [0.1, 0.15) is 6.61 Å². The molecule has 1 saturated carbocycles. The van der Waals surface area contributed by atoms with Crippen molar-refractivity contribution < 1.29 is 14.3 Å². The van der Waals surface area contributed by atoms with Crippen LogP contribution in [0.5, 0.6) is 0 Å². The van der Waals surface area contributed by atoms with Gasteiger partial charge >= 0.3 is 0 Å². The SMILES string of the molecule is COCCN1C(=O)CO[C@H]2CN(CC3CC3)C[C@H]21. The van der Waals surface area contributed by atoms with Crippen LogP contribution in [0.4, 0.5) is 0 Å². The Balaban J connectivity index is 1.60. The standard InChI is InChI=1S/C13H22N2O3/c1-17-5-4-15-11-7-14(6-10-2-3-10)8-12(11)18-9-13(15)16/h10-12H,2-9H2,1H3/t11-,12+/m1/s1. The zero-order valence-electron chi connectivity index (χ0n) is 11.0. The maximum atomic E-state index is 11.9. The van der Waals surface area contributed by atoms with Crippen molar-refractivity contribution in [1.29, 1.82) is 0 Å². The highest BCUT2D eigenvalue weighted by molar-refractivity contribution is 5.78. The molecule has 2 aliphatic heterocycles. The molecule has 2 saturated heterocycles. The van der Waals surface area contributed by atoms with Crippen LogP contribution in [0.1, 0.15) is 12.8 Å². The maximum Gasteiger partial charge on any atom is 0.249 e. The lowest BCUT2D eigenvalue weighted by molar-refractivity contribution is -0.153. The Morgan fingerprint density at radius 1 is 1.39 bits per heavy atom. The molecule has 2 heterocycles. The van der Waals surface area contributed by atoms with Gasteiger partial charge in [0.15, 0.2) is 0 Å². The molecule has 0 radical (unpaired) electrons. The van der Waals surface area contributed by atoms with Crippen LogP contribution >= 0.6 is 0 Å². The summed E-state index contributed by atoms with van der Waals surface area (Å²) in [5.74, 6) is 1.01. The van der Waals surface area contributed by atoms with Crippen molar-refractivity contribution in [2.45, 2.75) is 25.0 Å². The van der Waals surface area contributed by atoms with Crippen molar-refractivity contribution in [3.05, 3.63) is 0 Å². The predicted octanol–water partition coefficient (Wildman–Crippen LogP) is -0.0456. The number of amides is 1. The summed E-state index contributed by atoms with van der Waals surface area (Å²) >= 11 is 0. The van der Waals surface area contributed by atoms with Gasteiger partial charge in [0.2, 0.25) is 5.91 Å². The number of ether oxygens (including phenoxy) is 2. The van der Waals surface area contributed by atoms with Crippen LogP contribution in [0.3, 0.4) is 0 Å². The molecule has 102 valence electrons. The number of carbonyl (C=O) groups is 1. The van der Waals surface area contributed by atoms with Crippen molar-refractivity contribution >= 4 is 5.91 Å². The van der Waals surface area contributed by atoms with E-state index in [9.17, 15) is 4.79 Å². The predicted molar refractivity (Wildman–Crippen MR) is 66.3 cm³/mol. The van der Waals surface area contributed by atoms with Gasteiger partial charge in [-0.25, -0.2) is 0 Å². The Bertz CT molecular complexity index is 319. The molecule has 0 aromatic heterocycles. The van der Waals surface area contributed by atoms with E-state index in [4.69, 9.17) is 9.47 Å². The highest BCUT2D eigenvalue weighted by Gasteiger charge is 2.43. The van der Waals surface area contributed by atoms with Crippen LogP contribution in [0.25, 0.3) is 0 Å². The summed E-state index contributed by atoms with van der Waals surface area (Å²) in [5, 5.41) is 0. The Morgan fingerprint density at radius 2 is 2.22 bits per heavy atom. The Labute approximate surface area is 108 Å². The van der Waals surface area contributed by atoms with Gasteiger partial charge in [-0.2, -0.15) is 0 Å². The minimum absolute atomic E-state index is 0.113. The molecule has 1 aliphatic carbocycles. The van der Waals surface area contributed by atoms with E-state index < -0.39 is 0 Å². The molecule has 0 aromatic carbocycles. The zero-order valence-corrected chi connectivity index (χ0v) is 11.0. The van der Waals surface area contributed by atoms with Gasteiger partial charge in [-0.15, -0.1) is 0 Å². The average Bonchev–Trinajstić information content (AvgIpc) is 3.06. The first-order valence-corrected chi connectivity index (χ1v) is 6.90. The molecule has 5 nitrogen and oxygen atoms in total. The Hall–Kier alpha value is -0.650. The van der Waals surface area contributed by atoms with Gasteiger partial charge in [0.25, 0.3) is 0 Å². The number of fused-ring (bicyclic) bond motifs is 1. The molecule has 3 rings (SSSR count). The number of carbonyl (C=O) groups excluding carboxylic acids is 1. The van der Waals surface area contributed by atoms with E-state index in [2.05, 4.69) is 4.90 Å². The molecule has 1 amide bonds. The van der Waals surface area contributed by atoms with Crippen LogP contribution in [0.15, 0.2) is 0 Å². The topological polar surface area (TPSA) is 42.0 Å². The third-order valence-electron chi connectivity index (χ3n) is 4.20. The Morgan fingerprint density at radius 3 is 2.94 bits per heavy atom. The first kappa shape index (κ1) is 12.4. The molecule has 3 fully saturated rings. The highest BCUT2D eigenvalue weighted by Crippen LogP contribution is 2.32. The average molecular weight is 254 g/mol. The Kier molecular flexibility index (Phi) is 3.54. The molecule has 5 heteroatoms. The van der Waals surface area contributed by atoms with E-state index in [1.165, 1.54) is 19.4 Å². The summed E-state index contributed by atoms with van der Waals surface area (Å²) in [6.07, 6.45) is 2.95. The van der Waals surface area contributed by atoms with Crippen molar-refractivity contribution in [3.63, 3.8) is 0 Å². The highest BCUT2D eigenvalue weighted by atomic mass is 16.5. The number of hydrogen-bond acceptors (Lipinski definition) is 4. The summed E-state index contributed by atoms with van der Waals surface area (Å²) in [6.45, 7) is 4.67. The number of hydrogen-bond donors (Lipinski definition) is 0. The minimum Gasteiger partial charge on any atom is -0.383 e. The molecule has 0 aromatic rings. The van der Waals surface area contributed by atoms with Crippen molar-refractivity contribution in [2.24, 2.45) is 5.92 Å². The van der Waals surface area contributed by atoms with E-state index in [0.717, 1.165) is 19.0 Å². The van der Waals surface area contributed by atoms with Gasteiger partial charge in [0.05, 0.1) is 18.8 Å². The first-order chi connectivity index (χ1) is 8.78. The summed E-state index contributed by atoms with van der Waals surface area (Å²) in [5.41, 5.74) is 0. The lowest BCUT2D eigenvalue weighted by Gasteiger charge is -2.36. The van der Waals surface area contributed by atoms with Gasteiger partial charge < -0.3 is 14.4 Å². The molecule has 0 N–H and O–H groups in total. The summed E-state index contributed by atoms with van der Waals surface area (Å²) in [4.78, 5) is 16.3. The zero-order chi connectivity index (χ0) is 12.5. The fourth-order valence-corrected chi connectivity index (χ4v) is 3.04. The van der Waals surface area contributed by atoms with E-state index in [0.29, 0.717) is 13.2 Å². The van der Waals surface area contributed by atoms with Gasteiger partial charge in [-0.3, -0.25) is 9.69 Å². The second-order valence-electron chi connectivity index (χ2n) is 5.66. The van der Waals surface area contributed by atoms with Crippen LogP contribution in [0, 0.1) is 5.92 Å². The summed E-state index contributed by atoms with van der Waals surface area (Å²) < 4.78 is 10.8. The lowest BCUT2D eigenvalue weighted by atomic mass is 10.1. The fraction of sp³-hybridized carbons (Fsp3) is 0.923. The normalized spacial score (nSPS) is 32.9. The van der Waals surface area contributed by atoms with Gasteiger partial charge in [-0.05, 0) is 18.8 Å². The van der Waals surface area contributed by atoms with E-state index in [1.54, 1.807) is 7.11 Å². The lowest BCUT2D eigenvalue weighted by Crippen LogP contribution is -2.54. The largest absolute Gasteiger partial charge is 0.383 e. The number of rotatable bonds is 5. The van der Waals surface area contributed by atoms with Crippen LogP contribution in [0.2, 0.25) is 0 Å². The minimum atomic E-state index is 0.113. The molecule has 0 spiro atoms. The molecule has 18 heavy (non-hydrogen) atoms. The quantitative estimate of drug-likeness (QED) is 0.690. The number of likely N-dealkylation sites (tertiary alicyclic amines) is 1. The number of morpholine rings is 1. The van der Waals surface area contributed by atoms with Crippen LogP contribution in [-0.2, 0) is 14.3 Å². The molecular weight excluding hydrogens is 232 g/mol. The second-order valence-corrected chi connectivity index (χ2v) is 5.66. The molecule has 0 bridgehead atoms.